The Morgan fingerprint density at radius 2 is 1.93 bits per heavy atom. The van der Waals surface area contributed by atoms with Gasteiger partial charge in [0.25, 0.3) is 5.91 Å². The maximum absolute atomic E-state index is 14.3. The van der Waals surface area contributed by atoms with Crippen molar-refractivity contribution < 1.29 is 18.0 Å². The number of nitrogens with zero attached hydrogens (tertiary/aromatic N) is 4. The summed E-state index contributed by atoms with van der Waals surface area (Å²) in [6.45, 7) is 3.09. The summed E-state index contributed by atoms with van der Waals surface area (Å²) in [6, 6.07) is 13.9. The third kappa shape index (κ3) is 7.21. The molecule has 1 aliphatic heterocycles. The number of aryl methyl sites for hydroxylation is 1. The SMILES string of the molecule is CCc1ccc(C(=N)N(C)C=N)c(-c2cc(NCCCC#N)nc(N3Cc4c(cc(CNCC5CC5)cc4C(F)(F)F)C3=O)c2)c1. The largest absolute Gasteiger partial charge is 0.416 e. The van der Waals surface area contributed by atoms with Gasteiger partial charge in [-0.25, -0.2) is 4.98 Å². The van der Waals surface area contributed by atoms with E-state index in [1.807, 2.05) is 25.1 Å². The zero-order valence-electron chi connectivity index (χ0n) is 25.9. The highest BCUT2D eigenvalue weighted by molar-refractivity contribution is 6.11. The molecular weight excluding hydrogens is 593 g/mol. The molecule has 2 aliphatic rings. The summed E-state index contributed by atoms with van der Waals surface area (Å²) < 4.78 is 43.0. The summed E-state index contributed by atoms with van der Waals surface area (Å²) in [4.78, 5) is 21.1. The summed E-state index contributed by atoms with van der Waals surface area (Å²) in [5, 5.41) is 31.7. The number of nitriles is 1. The van der Waals surface area contributed by atoms with Gasteiger partial charge < -0.3 is 15.5 Å². The second kappa shape index (κ2) is 13.7. The van der Waals surface area contributed by atoms with Crippen LogP contribution in [0, 0.1) is 28.1 Å². The molecular formula is C34H37F3N8O. The van der Waals surface area contributed by atoms with Crippen molar-refractivity contribution in [1.82, 2.24) is 15.2 Å². The smallest absolute Gasteiger partial charge is 0.370 e. The molecule has 240 valence electrons. The van der Waals surface area contributed by atoms with Gasteiger partial charge in [0.05, 0.1) is 24.5 Å². The molecule has 2 aromatic carbocycles. The second-order valence-corrected chi connectivity index (χ2v) is 11.7. The second-order valence-electron chi connectivity index (χ2n) is 11.7. The van der Waals surface area contributed by atoms with E-state index in [2.05, 4.69) is 21.7 Å². The number of carbonyl (C=O) groups is 1. The first-order valence-electron chi connectivity index (χ1n) is 15.4. The molecule has 0 unspecified atom stereocenters. The highest BCUT2D eigenvalue weighted by Gasteiger charge is 2.41. The van der Waals surface area contributed by atoms with Crippen molar-refractivity contribution in [3.63, 3.8) is 0 Å². The number of aromatic nitrogens is 1. The molecule has 2 heterocycles. The number of anilines is 2. The third-order valence-corrected chi connectivity index (χ3v) is 8.33. The fourth-order valence-corrected chi connectivity index (χ4v) is 5.55. The molecule has 1 fully saturated rings. The number of alkyl halides is 3. The van der Waals surface area contributed by atoms with E-state index in [1.165, 1.54) is 9.80 Å². The van der Waals surface area contributed by atoms with Crippen LogP contribution >= 0.6 is 0 Å². The number of unbranched alkanes of at least 4 members (excludes halogenated alkanes) is 1. The average Bonchev–Trinajstić information content (AvgIpc) is 3.82. The summed E-state index contributed by atoms with van der Waals surface area (Å²) in [5.74, 6) is 0.626. The van der Waals surface area contributed by atoms with Gasteiger partial charge in [-0.05, 0) is 90.2 Å². The zero-order valence-corrected chi connectivity index (χ0v) is 25.9. The van der Waals surface area contributed by atoms with Crippen molar-refractivity contribution in [2.45, 2.75) is 58.3 Å². The van der Waals surface area contributed by atoms with Crippen molar-refractivity contribution in [3.8, 4) is 17.2 Å². The van der Waals surface area contributed by atoms with E-state index in [1.54, 1.807) is 25.2 Å². The predicted molar refractivity (Wildman–Crippen MR) is 172 cm³/mol. The van der Waals surface area contributed by atoms with Crippen molar-refractivity contribution in [1.29, 1.82) is 16.1 Å². The fourth-order valence-electron chi connectivity index (χ4n) is 5.55. The molecule has 5 rings (SSSR count). The highest BCUT2D eigenvalue weighted by Crippen LogP contribution is 2.40. The normalized spacial score (nSPS) is 14.2. The van der Waals surface area contributed by atoms with Gasteiger partial charge in [-0.2, -0.15) is 18.4 Å². The molecule has 0 atom stereocenters. The molecule has 1 amide bonds. The number of pyridine rings is 1. The predicted octanol–water partition coefficient (Wildman–Crippen LogP) is 6.57. The van der Waals surface area contributed by atoms with Gasteiger partial charge in [0.2, 0.25) is 0 Å². The Kier molecular flexibility index (Phi) is 9.72. The van der Waals surface area contributed by atoms with Crippen LogP contribution in [0.4, 0.5) is 24.8 Å². The number of halogens is 3. The van der Waals surface area contributed by atoms with Gasteiger partial charge in [-0.1, -0.05) is 25.1 Å². The van der Waals surface area contributed by atoms with Crippen LogP contribution in [0.15, 0.2) is 42.5 Å². The number of nitrogens with one attached hydrogen (secondary N) is 4. The van der Waals surface area contributed by atoms with Crippen LogP contribution in [0.5, 0.6) is 0 Å². The number of rotatable bonds is 13. The van der Waals surface area contributed by atoms with Crippen LogP contribution in [0.1, 0.15) is 70.8 Å². The van der Waals surface area contributed by atoms with Crippen LogP contribution in [0.25, 0.3) is 11.1 Å². The van der Waals surface area contributed by atoms with Gasteiger partial charge in [-0.15, -0.1) is 0 Å². The van der Waals surface area contributed by atoms with Crippen LogP contribution in [-0.4, -0.2) is 48.1 Å². The Balaban J connectivity index is 1.58. The van der Waals surface area contributed by atoms with Crippen molar-refractivity contribution >= 4 is 29.7 Å². The molecule has 1 aromatic heterocycles. The van der Waals surface area contributed by atoms with E-state index in [4.69, 9.17) is 16.1 Å². The first-order valence-corrected chi connectivity index (χ1v) is 15.4. The van der Waals surface area contributed by atoms with E-state index in [0.29, 0.717) is 53.4 Å². The third-order valence-electron chi connectivity index (χ3n) is 8.33. The molecule has 0 saturated heterocycles. The Bertz CT molecular complexity index is 1690. The lowest BCUT2D eigenvalue weighted by Gasteiger charge is -2.21. The number of carbonyl (C=O) groups excluding carboxylic acids is 1. The minimum Gasteiger partial charge on any atom is -0.370 e. The van der Waals surface area contributed by atoms with Gasteiger partial charge in [0.15, 0.2) is 0 Å². The zero-order chi connectivity index (χ0) is 33.0. The Labute approximate surface area is 266 Å². The molecule has 0 bridgehead atoms. The van der Waals surface area contributed by atoms with Gasteiger partial charge in [0, 0.05) is 37.7 Å². The molecule has 1 aliphatic carbocycles. The lowest BCUT2D eigenvalue weighted by molar-refractivity contribution is -0.138. The van der Waals surface area contributed by atoms with Crippen LogP contribution in [-0.2, 0) is 25.7 Å². The minimum atomic E-state index is -4.65. The minimum absolute atomic E-state index is 0.0110. The summed E-state index contributed by atoms with van der Waals surface area (Å²) >= 11 is 0. The number of amidine groups is 1. The summed E-state index contributed by atoms with van der Waals surface area (Å²) in [6.07, 6.45) is 0.211. The molecule has 4 N–H and O–H groups in total. The van der Waals surface area contributed by atoms with Crippen molar-refractivity contribution in [2.75, 3.05) is 30.4 Å². The summed E-state index contributed by atoms with van der Waals surface area (Å²) in [7, 11) is 1.60. The Hall–Kier alpha value is -4.76. The van der Waals surface area contributed by atoms with Crippen LogP contribution in [0.2, 0.25) is 0 Å². The quantitative estimate of drug-likeness (QED) is 0.0960. The van der Waals surface area contributed by atoms with Gasteiger partial charge in [-0.3, -0.25) is 20.5 Å². The summed E-state index contributed by atoms with van der Waals surface area (Å²) in [5.41, 5.74) is 2.30. The van der Waals surface area contributed by atoms with Crippen LogP contribution in [0.3, 0.4) is 0 Å². The number of amides is 1. The number of benzene rings is 2. The van der Waals surface area contributed by atoms with E-state index < -0.39 is 17.6 Å². The molecule has 9 nitrogen and oxygen atoms in total. The van der Waals surface area contributed by atoms with E-state index in [9.17, 15) is 18.0 Å². The molecule has 1 saturated carbocycles. The Morgan fingerprint density at radius 3 is 2.61 bits per heavy atom. The van der Waals surface area contributed by atoms with E-state index in [0.717, 1.165) is 43.8 Å². The van der Waals surface area contributed by atoms with E-state index in [-0.39, 0.29) is 35.9 Å². The molecule has 0 spiro atoms. The molecule has 0 radical (unpaired) electrons. The standard InChI is InChI=1S/C34H37F3N8O/c1-3-21-8-9-25(32(40)44(2)20-39)26(12-21)24-15-30(42-11-5-4-10-38)43-31(16-24)45-19-28-27(33(45)46)13-23(14-29(28)34(35,36)37)18-41-17-22-6-7-22/h8-9,12-16,20,22,39-41H,3-7,11,17-19H2,1-2H3,(H,42,43). The fraction of sp³-hybridized carbons (Fsp3) is 0.382. The molecule has 46 heavy (non-hydrogen) atoms. The lowest BCUT2D eigenvalue weighted by Crippen LogP contribution is -2.26. The van der Waals surface area contributed by atoms with Crippen LogP contribution < -0.4 is 15.5 Å². The maximum Gasteiger partial charge on any atom is 0.416 e. The average molecular weight is 631 g/mol. The topological polar surface area (TPSA) is 132 Å². The van der Waals surface area contributed by atoms with Gasteiger partial charge >= 0.3 is 6.18 Å². The monoisotopic (exact) mass is 630 g/mol. The Morgan fingerprint density at radius 1 is 1.17 bits per heavy atom. The number of fused-ring (bicyclic) bond motifs is 1. The number of hydrogen-bond acceptors (Lipinski definition) is 7. The first-order chi connectivity index (χ1) is 22.0. The first kappa shape index (κ1) is 32.6. The van der Waals surface area contributed by atoms with Crippen molar-refractivity contribution in [3.05, 3.63) is 75.8 Å². The maximum atomic E-state index is 14.3. The van der Waals surface area contributed by atoms with E-state index >= 15 is 0 Å². The van der Waals surface area contributed by atoms with Gasteiger partial charge in [0.1, 0.15) is 17.5 Å². The highest BCUT2D eigenvalue weighted by atomic mass is 19.4. The molecule has 12 heteroatoms. The van der Waals surface area contributed by atoms with Crippen molar-refractivity contribution in [2.24, 2.45) is 5.92 Å². The lowest BCUT2D eigenvalue weighted by atomic mass is 9.95. The number of hydrogen-bond donors (Lipinski definition) is 4. The molecule has 3 aromatic rings.